The Morgan fingerprint density at radius 3 is 2.33 bits per heavy atom. The Kier molecular flexibility index (Phi) is 6.19. The predicted octanol–water partition coefficient (Wildman–Crippen LogP) is 3.14. The van der Waals surface area contributed by atoms with Crippen LogP contribution in [0.15, 0.2) is 23.1 Å². The van der Waals surface area contributed by atoms with Crippen LogP contribution in [0.3, 0.4) is 0 Å². The number of sulfonamides is 1. The molecule has 0 amide bonds. The molecule has 0 saturated carbocycles. The summed E-state index contributed by atoms with van der Waals surface area (Å²) in [5.41, 5.74) is -0.122. The van der Waals surface area contributed by atoms with Crippen LogP contribution in [0.25, 0.3) is 0 Å². The monoisotopic (exact) mass is 333 g/mol. The average molecular weight is 334 g/mol. The number of halogens is 1. The fourth-order valence-electron chi connectivity index (χ4n) is 2.24. The largest absolute Gasteiger partial charge is 0.478 e. The van der Waals surface area contributed by atoms with Crippen LogP contribution in [-0.2, 0) is 10.0 Å². The Labute approximate surface area is 130 Å². The molecular weight excluding hydrogens is 314 g/mol. The van der Waals surface area contributed by atoms with Gasteiger partial charge in [0.25, 0.3) is 0 Å². The Hall–Kier alpha value is -1.11. The van der Waals surface area contributed by atoms with Crippen molar-refractivity contribution in [3.05, 3.63) is 28.8 Å². The molecule has 1 aromatic carbocycles. The number of aromatic carboxylic acids is 1. The minimum Gasteiger partial charge on any atom is -0.478 e. The number of nitrogens with one attached hydrogen (secondary N) is 1. The molecule has 118 valence electrons. The molecule has 1 rings (SSSR count). The van der Waals surface area contributed by atoms with Gasteiger partial charge in [-0.15, -0.1) is 0 Å². The van der Waals surface area contributed by atoms with Gasteiger partial charge >= 0.3 is 5.97 Å². The van der Waals surface area contributed by atoms with Crippen molar-refractivity contribution in [2.45, 2.75) is 44.6 Å². The van der Waals surface area contributed by atoms with Crippen molar-refractivity contribution < 1.29 is 18.3 Å². The van der Waals surface area contributed by atoms with Crippen LogP contribution in [0.5, 0.6) is 0 Å². The van der Waals surface area contributed by atoms with Crippen LogP contribution in [0.4, 0.5) is 0 Å². The second kappa shape index (κ2) is 7.24. The van der Waals surface area contributed by atoms with Crippen molar-refractivity contribution in [3.8, 4) is 0 Å². The minimum absolute atomic E-state index is 0.0321. The lowest BCUT2D eigenvalue weighted by atomic mass is 9.96. The minimum atomic E-state index is -3.72. The van der Waals surface area contributed by atoms with E-state index in [1.807, 2.05) is 20.8 Å². The van der Waals surface area contributed by atoms with Gasteiger partial charge in [0.2, 0.25) is 10.0 Å². The summed E-state index contributed by atoms with van der Waals surface area (Å²) in [7, 11) is -3.72. The molecule has 0 fully saturated rings. The van der Waals surface area contributed by atoms with E-state index >= 15 is 0 Å². The molecule has 0 aliphatic carbocycles. The Balaban J connectivity index is 3.03. The van der Waals surface area contributed by atoms with Gasteiger partial charge in [-0.25, -0.2) is 17.9 Å². The van der Waals surface area contributed by atoms with Gasteiger partial charge < -0.3 is 5.11 Å². The highest BCUT2D eigenvalue weighted by molar-refractivity contribution is 7.89. The van der Waals surface area contributed by atoms with E-state index < -0.39 is 16.0 Å². The zero-order valence-corrected chi connectivity index (χ0v) is 13.8. The smallest absolute Gasteiger partial charge is 0.337 e. The summed E-state index contributed by atoms with van der Waals surface area (Å²) in [5, 5.41) is 8.80. The molecule has 0 saturated heterocycles. The van der Waals surface area contributed by atoms with Crippen molar-refractivity contribution in [2.24, 2.45) is 5.92 Å². The van der Waals surface area contributed by atoms with Gasteiger partial charge in [0.15, 0.2) is 0 Å². The van der Waals surface area contributed by atoms with Gasteiger partial charge in [0.1, 0.15) is 0 Å². The second-order valence-corrected chi connectivity index (χ2v) is 7.05. The molecule has 1 atom stereocenters. The number of hydrogen-bond acceptors (Lipinski definition) is 3. The number of rotatable bonds is 7. The second-order valence-electron chi connectivity index (χ2n) is 4.93. The third-order valence-corrected chi connectivity index (χ3v) is 5.45. The van der Waals surface area contributed by atoms with Crippen molar-refractivity contribution in [1.29, 1.82) is 0 Å². The summed E-state index contributed by atoms with van der Waals surface area (Å²) < 4.78 is 27.2. The fraction of sp³-hybridized carbons (Fsp3) is 0.500. The molecule has 0 aromatic heterocycles. The number of carboxylic acid groups (broad SMARTS) is 1. The molecule has 0 spiro atoms. The first-order chi connectivity index (χ1) is 9.72. The molecule has 5 nitrogen and oxygen atoms in total. The molecule has 0 radical (unpaired) electrons. The third-order valence-electron chi connectivity index (χ3n) is 3.58. The summed E-state index contributed by atoms with van der Waals surface area (Å²) in [6.45, 7) is 5.84. The summed E-state index contributed by atoms with van der Waals surface area (Å²) in [6.07, 6.45) is 1.75. The fourth-order valence-corrected chi connectivity index (χ4v) is 3.91. The quantitative estimate of drug-likeness (QED) is 0.803. The lowest BCUT2D eigenvalue weighted by Crippen LogP contribution is -2.37. The van der Waals surface area contributed by atoms with E-state index in [2.05, 4.69) is 4.72 Å². The van der Waals surface area contributed by atoms with Crippen LogP contribution < -0.4 is 4.72 Å². The zero-order valence-electron chi connectivity index (χ0n) is 12.3. The van der Waals surface area contributed by atoms with E-state index in [0.717, 1.165) is 18.9 Å². The normalized spacial score (nSPS) is 13.4. The summed E-state index contributed by atoms with van der Waals surface area (Å²) in [5.74, 6) is -0.948. The molecular formula is C14H20ClNO4S. The summed E-state index contributed by atoms with van der Waals surface area (Å²) >= 11 is 5.81. The molecule has 0 aliphatic heterocycles. The topological polar surface area (TPSA) is 83.5 Å². The maximum atomic E-state index is 12.3. The molecule has 1 unspecified atom stereocenters. The van der Waals surface area contributed by atoms with Crippen LogP contribution in [0.2, 0.25) is 5.02 Å². The summed E-state index contributed by atoms with van der Waals surface area (Å²) in [6, 6.07) is 3.40. The third kappa shape index (κ3) is 4.43. The maximum Gasteiger partial charge on any atom is 0.337 e. The first-order valence-electron chi connectivity index (χ1n) is 6.78. The molecule has 0 heterocycles. The van der Waals surface area contributed by atoms with E-state index in [1.54, 1.807) is 0 Å². The van der Waals surface area contributed by atoms with Gasteiger partial charge in [-0.1, -0.05) is 38.3 Å². The van der Waals surface area contributed by atoms with Gasteiger partial charge in [-0.3, -0.25) is 0 Å². The van der Waals surface area contributed by atoms with E-state index in [-0.39, 0.29) is 27.4 Å². The molecule has 2 N–H and O–H groups in total. The first-order valence-corrected chi connectivity index (χ1v) is 8.64. The predicted molar refractivity (Wildman–Crippen MR) is 82.3 cm³/mol. The lowest BCUT2D eigenvalue weighted by molar-refractivity contribution is 0.0697. The van der Waals surface area contributed by atoms with Gasteiger partial charge in [-0.05, 0) is 31.0 Å². The molecule has 0 aliphatic rings. The van der Waals surface area contributed by atoms with Crippen LogP contribution >= 0.6 is 11.6 Å². The lowest BCUT2D eigenvalue weighted by Gasteiger charge is -2.22. The highest BCUT2D eigenvalue weighted by Crippen LogP contribution is 2.22. The highest BCUT2D eigenvalue weighted by Gasteiger charge is 2.23. The average Bonchev–Trinajstić information content (AvgIpc) is 2.38. The standard InChI is InChI=1S/C14H20ClNO4S/c1-4-10(5-2)9(3)16-21(19,20)11-6-7-12(14(17)18)13(15)8-11/h6-10,16H,4-5H2,1-3H3,(H,17,18). The maximum absolute atomic E-state index is 12.3. The molecule has 0 bridgehead atoms. The van der Waals surface area contributed by atoms with Crippen molar-refractivity contribution in [2.75, 3.05) is 0 Å². The number of carboxylic acids is 1. The van der Waals surface area contributed by atoms with Gasteiger partial charge in [0.05, 0.1) is 15.5 Å². The van der Waals surface area contributed by atoms with Crippen LogP contribution in [-0.4, -0.2) is 25.5 Å². The summed E-state index contributed by atoms with van der Waals surface area (Å²) in [4.78, 5) is 10.8. The van der Waals surface area contributed by atoms with Crippen molar-refractivity contribution >= 4 is 27.6 Å². The SMILES string of the molecule is CCC(CC)C(C)NS(=O)(=O)c1ccc(C(=O)O)c(Cl)c1. The van der Waals surface area contributed by atoms with Crippen molar-refractivity contribution in [3.63, 3.8) is 0 Å². The molecule has 21 heavy (non-hydrogen) atoms. The van der Waals surface area contributed by atoms with Crippen LogP contribution in [0, 0.1) is 5.92 Å². The van der Waals surface area contributed by atoms with Gasteiger partial charge in [-0.2, -0.15) is 0 Å². The first kappa shape index (κ1) is 17.9. The van der Waals surface area contributed by atoms with Gasteiger partial charge in [0, 0.05) is 6.04 Å². The Bertz CT molecular complexity index is 611. The van der Waals surface area contributed by atoms with Crippen molar-refractivity contribution in [1.82, 2.24) is 4.72 Å². The van der Waals surface area contributed by atoms with E-state index in [0.29, 0.717) is 0 Å². The number of carbonyl (C=O) groups is 1. The Morgan fingerprint density at radius 1 is 1.33 bits per heavy atom. The van der Waals surface area contributed by atoms with E-state index in [4.69, 9.17) is 16.7 Å². The van der Waals surface area contributed by atoms with E-state index in [9.17, 15) is 13.2 Å². The Morgan fingerprint density at radius 2 is 1.90 bits per heavy atom. The van der Waals surface area contributed by atoms with Crippen LogP contribution in [0.1, 0.15) is 44.0 Å². The van der Waals surface area contributed by atoms with E-state index in [1.165, 1.54) is 12.1 Å². The number of benzene rings is 1. The number of hydrogen-bond donors (Lipinski definition) is 2. The molecule has 1 aromatic rings. The highest BCUT2D eigenvalue weighted by atomic mass is 35.5. The zero-order chi connectivity index (χ0) is 16.2. The molecule has 7 heteroatoms.